The Balaban J connectivity index is 1.45. The molecule has 0 aliphatic carbocycles. The minimum Gasteiger partial charge on any atom is -0.332 e. The molecule has 3 aromatic rings. The van der Waals surface area contributed by atoms with Crippen molar-refractivity contribution in [3.8, 4) is 23.6 Å². The number of aryl methyl sites for hydroxylation is 1. The van der Waals surface area contributed by atoms with Crippen molar-refractivity contribution in [2.45, 2.75) is 30.6 Å². The largest absolute Gasteiger partial charge is 0.332 e. The maximum atomic E-state index is 13.8. The Morgan fingerprint density at radius 2 is 1.91 bits per heavy atom. The molecule has 8 heteroatoms. The quantitative estimate of drug-likeness (QED) is 0.304. The zero-order valence-electron chi connectivity index (χ0n) is 19.3. The number of halogens is 1. The molecule has 0 atom stereocenters. The summed E-state index contributed by atoms with van der Waals surface area (Å²) in [6.45, 7) is 3.19. The molecule has 0 radical (unpaired) electrons. The van der Waals surface area contributed by atoms with Crippen molar-refractivity contribution in [2.24, 2.45) is 0 Å². The predicted octanol–water partition coefficient (Wildman–Crippen LogP) is 4.48. The van der Waals surface area contributed by atoms with E-state index in [9.17, 15) is 14.0 Å². The maximum absolute atomic E-state index is 13.8. The van der Waals surface area contributed by atoms with Gasteiger partial charge in [-0.15, -0.1) is 6.42 Å². The Morgan fingerprint density at radius 1 is 1.14 bits per heavy atom. The molecular weight excluding hydrogens is 463 g/mol. The Morgan fingerprint density at radius 3 is 2.66 bits per heavy atom. The van der Waals surface area contributed by atoms with Crippen LogP contribution in [0.15, 0.2) is 65.7 Å². The maximum Gasteiger partial charge on any atom is 0.298 e. The summed E-state index contributed by atoms with van der Waals surface area (Å²) in [5, 5.41) is 0. The lowest BCUT2D eigenvalue weighted by atomic mass is 9.89. The topological polar surface area (TPSA) is 74.3 Å². The van der Waals surface area contributed by atoms with Gasteiger partial charge in [-0.3, -0.25) is 20.0 Å². The fourth-order valence-corrected chi connectivity index (χ4v) is 4.72. The van der Waals surface area contributed by atoms with E-state index in [0.29, 0.717) is 29.5 Å². The van der Waals surface area contributed by atoms with Gasteiger partial charge in [0, 0.05) is 30.4 Å². The van der Waals surface area contributed by atoms with Crippen LogP contribution in [-0.2, 0) is 4.79 Å². The van der Waals surface area contributed by atoms with Crippen LogP contribution in [0.1, 0.15) is 40.2 Å². The molecule has 1 aromatic heterocycles. The van der Waals surface area contributed by atoms with Crippen LogP contribution >= 0.6 is 11.9 Å². The summed E-state index contributed by atoms with van der Waals surface area (Å²) in [4.78, 5) is 33.8. The molecule has 1 fully saturated rings. The first-order valence-electron chi connectivity index (χ1n) is 11.2. The van der Waals surface area contributed by atoms with Gasteiger partial charge in [-0.2, -0.15) is 4.83 Å². The Kier molecular flexibility index (Phi) is 7.80. The summed E-state index contributed by atoms with van der Waals surface area (Å²) in [5.41, 5.74) is 6.75. The molecule has 6 nitrogen and oxygen atoms in total. The van der Waals surface area contributed by atoms with Gasteiger partial charge in [0.15, 0.2) is 0 Å². The van der Waals surface area contributed by atoms with Gasteiger partial charge in [0.05, 0.1) is 10.6 Å². The van der Waals surface area contributed by atoms with Crippen LogP contribution in [0.2, 0.25) is 0 Å². The molecule has 1 saturated heterocycles. The van der Waals surface area contributed by atoms with Gasteiger partial charge < -0.3 is 4.90 Å². The number of nitrogens with zero attached hydrogens (tertiary/aromatic N) is 2. The number of carbonyl (C=O) groups excluding carboxylic acids is 2. The van der Waals surface area contributed by atoms with Gasteiger partial charge in [-0.1, -0.05) is 12.1 Å². The molecule has 35 heavy (non-hydrogen) atoms. The third-order valence-corrected chi connectivity index (χ3v) is 6.71. The fourth-order valence-electron chi connectivity index (χ4n) is 4.15. The lowest BCUT2D eigenvalue weighted by Gasteiger charge is -2.31. The molecule has 2 amide bonds. The van der Waals surface area contributed by atoms with E-state index in [-0.39, 0.29) is 17.6 Å². The van der Waals surface area contributed by atoms with Crippen LogP contribution in [0, 0.1) is 25.1 Å². The summed E-state index contributed by atoms with van der Waals surface area (Å²) in [7, 11) is 0. The molecule has 4 rings (SSSR count). The van der Waals surface area contributed by atoms with E-state index in [2.05, 4.69) is 21.2 Å². The number of aromatic nitrogens is 1. The molecule has 0 bridgehead atoms. The van der Waals surface area contributed by atoms with Crippen LogP contribution in [-0.4, -0.2) is 34.8 Å². The standard InChI is InChI=1S/C27H25FN4O2S/c1-3-26(33)32-12-9-19(10-13-32)20-8-11-29-24(17-20)21-14-18(2)15-22(16-21)27(34)30-31-35-25-7-5-4-6-23(25)28/h1,4-8,11,14-17,19,31H,9-10,12-13H2,2H3,(H,30,34). The lowest BCUT2D eigenvalue weighted by Crippen LogP contribution is -2.37. The molecule has 0 spiro atoms. The minimum absolute atomic E-state index is 0.258. The van der Waals surface area contributed by atoms with Crippen molar-refractivity contribution in [1.29, 1.82) is 0 Å². The number of piperidine rings is 1. The number of hydrogen-bond acceptors (Lipinski definition) is 5. The fraction of sp³-hybridized carbons (Fsp3) is 0.222. The summed E-state index contributed by atoms with van der Waals surface area (Å²) >= 11 is 0.991. The third kappa shape index (κ3) is 6.07. The van der Waals surface area contributed by atoms with Crippen LogP contribution in [0.5, 0.6) is 0 Å². The van der Waals surface area contributed by atoms with Crippen LogP contribution in [0.3, 0.4) is 0 Å². The number of hydrogen-bond donors (Lipinski definition) is 2. The monoisotopic (exact) mass is 488 g/mol. The average molecular weight is 489 g/mol. The van der Waals surface area contributed by atoms with Crippen molar-refractivity contribution in [2.75, 3.05) is 13.1 Å². The summed E-state index contributed by atoms with van der Waals surface area (Å²) in [5.74, 6) is 1.54. The molecule has 0 saturated carbocycles. The first-order valence-corrected chi connectivity index (χ1v) is 12.1. The highest BCUT2D eigenvalue weighted by atomic mass is 32.2. The van der Waals surface area contributed by atoms with Gasteiger partial charge in [0.1, 0.15) is 5.82 Å². The van der Waals surface area contributed by atoms with Crippen molar-refractivity contribution in [3.05, 3.63) is 83.3 Å². The molecule has 2 aromatic carbocycles. The first kappa shape index (κ1) is 24.5. The number of amides is 2. The molecule has 0 unspecified atom stereocenters. The number of pyridine rings is 1. The van der Waals surface area contributed by atoms with Gasteiger partial charge >= 0.3 is 0 Å². The number of benzene rings is 2. The highest BCUT2D eigenvalue weighted by Crippen LogP contribution is 2.30. The highest BCUT2D eigenvalue weighted by Gasteiger charge is 2.23. The van der Waals surface area contributed by atoms with Gasteiger partial charge in [0.25, 0.3) is 11.8 Å². The molecule has 2 heterocycles. The van der Waals surface area contributed by atoms with E-state index in [1.54, 1.807) is 41.4 Å². The number of nitrogens with one attached hydrogen (secondary N) is 2. The highest BCUT2D eigenvalue weighted by molar-refractivity contribution is 7.97. The number of rotatable bonds is 6. The normalized spacial score (nSPS) is 13.8. The van der Waals surface area contributed by atoms with E-state index >= 15 is 0 Å². The van der Waals surface area contributed by atoms with Crippen LogP contribution in [0.25, 0.3) is 11.3 Å². The number of likely N-dealkylation sites (tertiary alicyclic amines) is 1. The SMILES string of the molecule is C#CC(=O)N1CCC(c2ccnc(-c3cc(C)cc(C(=O)NNSc4ccccc4F)c3)c2)CC1. The lowest BCUT2D eigenvalue weighted by molar-refractivity contribution is -0.126. The molecular formula is C27H25FN4O2S. The van der Waals surface area contributed by atoms with Crippen molar-refractivity contribution >= 4 is 23.8 Å². The van der Waals surface area contributed by atoms with Gasteiger partial charge in [-0.25, -0.2) is 4.39 Å². The predicted molar refractivity (Wildman–Crippen MR) is 135 cm³/mol. The Hall–Kier alpha value is -3.67. The number of hydrazine groups is 1. The smallest absolute Gasteiger partial charge is 0.298 e. The van der Waals surface area contributed by atoms with E-state index in [0.717, 1.165) is 47.2 Å². The second-order valence-electron chi connectivity index (χ2n) is 8.36. The third-order valence-electron chi connectivity index (χ3n) is 5.96. The first-order chi connectivity index (χ1) is 16.9. The zero-order chi connectivity index (χ0) is 24.8. The molecule has 2 N–H and O–H groups in total. The van der Waals surface area contributed by atoms with Crippen molar-refractivity contribution in [1.82, 2.24) is 20.1 Å². The van der Waals surface area contributed by atoms with Crippen molar-refractivity contribution < 1.29 is 14.0 Å². The Bertz CT molecular complexity index is 1280. The average Bonchev–Trinajstić information content (AvgIpc) is 2.89. The number of carbonyl (C=O) groups is 2. The van der Waals surface area contributed by atoms with Crippen LogP contribution < -0.4 is 10.3 Å². The van der Waals surface area contributed by atoms with E-state index in [4.69, 9.17) is 6.42 Å². The second-order valence-corrected chi connectivity index (χ2v) is 9.21. The van der Waals surface area contributed by atoms with Gasteiger partial charge in [-0.05, 0) is 97.1 Å². The van der Waals surface area contributed by atoms with E-state index in [1.165, 1.54) is 6.07 Å². The second kappa shape index (κ2) is 11.2. The van der Waals surface area contributed by atoms with E-state index < -0.39 is 0 Å². The molecule has 178 valence electrons. The van der Waals surface area contributed by atoms with E-state index in [1.807, 2.05) is 25.1 Å². The summed E-state index contributed by atoms with van der Waals surface area (Å²) in [6, 6.07) is 15.9. The Labute approximate surface area is 208 Å². The summed E-state index contributed by atoms with van der Waals surface area (Å²) in [6.07, 6.45) is 8.69. The van der Waals surface area contributed by atoms with Crippen molar-refractivity contribution in [3.63, 3.8) is 0 Å². The summed E-state index contributed by atoms with van der Waals surface area (Å²) < 4.78 is 13.8. The molecule has 1 aliphatic rings. The number of terminal acetylenes is 1. The minimum atomic E-state index is -0.364. The zero-order valence-corrected chi connectivity index (χ0v) is 20.1. The van der Waals surface area contributed by atoms with Crippen LogP contribution in [0.4, 0.5) is 4.39 Å². The van der Waals surface area contributed by atoms with Gasteiger partial charge in [0.2, 0.25) is 0 Å². The molecule has 1 aliphatic heterocycles.